The maximum absolute atomic E-state index is 13.0. The summed E-state index contributed by atoms with van der Waals surface area (Å²) in [5, 5.41) is 58.5. The number of allylic oxidation sites excluding steroid dienone is 2. The van der Waals surface area contributed by atoms with Crippen LogP contribution in [0.15, 0.2) is 41.4 Å². The van der Waals surface area contributed by atoms with Gasteiger partial charge in [-0.3, -0.25) is 4.79 Å². The highest BCUT2D eigenvalue weighted by molar-refractivity contribution is 8.76. The maximum atomic E-state index is 13.0. The molecular formula is C54H77N5O7S2. The van der Waals surface area contributed by atoms with Gasteiger partial charge in [-0.2, -0.15) is 0 Å². The fourth-order valence-corrected chi connectivity index (χ4v) is 18.0. The number of aliphatic hydroxyl groups is 3. The third kappa shape index (κ3) is 9.26. The van der Waals surface area contributed by atoms with E-state index in [0.717, 1.165) is 68.8 Å². The summed E-state index contributed by atoms with van der Waals surface area (Å²) in [6.07, 6.45) is 23.2. The van der Waals surface area contributed by atoms with Gasteiger partial charge in [-0.1, -0.05) is 83.4 Å². The molecular weight excluding hydrogens is 895 g/mol. The van der Waals surface area contributed by atoms with E-state index in [2.05, 4.69) is 46.0 Å². The van der Waals surface area contributed by atoms with Crippen LogP contribution >= 0.6 is 21.6 Å². The van der Waals surface area contributed by atoms with E-state index in [-0.39, 0.29) is 52.7 Å². The van der Waals surface area contributed by atoms with E-state index >= 15 is 0 Å². The summed E-state index contributed by atoms with van der Waals surface area (Å²) in [5.74, 6) is 10.1. The van der Waals surface area contributed by atoms with E-state index < -0.39 is 41.7 Å². The van der Waals surface area contributed by atoms with Crippen molar-refractivity contribution in [3.63, 3.8) is 0 Å². The van der Waals surface area contributed by atoms with Crippen molar-refractivity contribution in [2.45, 2.75) is 177 Å². The highest BCUT2D eigenvalue weighted by atomic mass is 33.1. The van der Waals surface area contributed by atoms with Gasteiger partial charge in [0.15, 0.2) is 17.5 Å². The number of aliphatic hydroxyl groups excluding tert-OH is 3. The number of carbonyl (C=O) groups is 1. The van der Waals surface area contributed by atoms with Gasteiger partial charge in [0.1, 0.15) is 12.2 Å². The lowest BCUT2D eigenvalue weighted by molar-refractivity contribution is -0.152. The molecule has 6 aliphatic carbocycles. The monoisotopic (exact) mass is 972 g/mol. The van der Waals surface area contributed by atoms with Crippen LogP contribution < -0.4 is 26.4 Å². The van der Waals surface area contributed by atoms with Crippen LogP contribution in [0, 0.1) is 51.8 Å². The van der Waals surface area contributed by atoms with Crippen LogP contribution in [0.4, 0.5) is 0 Å². The SMILES string of the molecule is CC(=O)OC1CC(O)CCC23C#CC4CCCC5(CNCCSSCC6(CC78CCCC7C=CC(C8)C67CCCC7)NC(N)=NC2C=CCC3O)CC(CCN5)Oc2cc(c(CO)cc2O)CC41. The number of nitrogens with zero attached hydrogens (tertiary/aromatic N) is 1. The molecule has 1 saturated heterocycles. The second kappa shape index (κ2) is 20.0. The second-order valence-electron chi connectivity index (χ2n) is 22.6. The van der Waals surface area contributed by atoms with Crippen molar-refractivity contribution in [1.82, 2.24) is 16.0 Å². The van der Waals surface area contributed by atoms with E-state index in [0.29, 0.717) is 61.2 Å². The van der Waals surface area contributed by atoms with Gasteiger partial charge in [-0.05, 0) is 131 Å². The highest BCUT2D eigenvalue weighted by Gasteiger charge is 2.66. The van der Waals surface area contributed by atoms with Crippen molar-refractivity contribution in [3.8, 4) is 23.3 Å². The van der Waals surface area contributed by atoms with Crippen LogP contribution in [0.1, 0.15) is 134 Å². The zero-order chi connectivity index (χ0) is 47.2. The Morgan fingerprint density at radius 2 is 1.82 bits per heavy atom. The molecule has 14 heteroatoms. The number of phenolic OH excluding ortho intramolecular Hbond substituents is 1. The summed E-state index contributed by atoms with van der Waals surface area (Å²) >= 11 is 0. The molecule has 0 radical (unpaired) electrons. The molecule has 68 heavy (non-hydrogen) atoms. The van der Waals surface area contributed by atoms with Crippen molar-refractivity contribution >= 4 is 33.5 Å². The molecule has 5 spiro atoms. The Morgan fingerprint density at radius 3 is 2.66 bits per heavy atom. The lowest BCUT2D eigenvalue weighted by Gasteiger charge is -2.63. The smallest absolute Gasteiger partial charge is 0.302 e. The Balaban J connectivity index is 1.11. The third-order valence-electron chi connectivity index (χ3n) is 18.8. The number of fused-ring (bicyclic) bond motifs is 8. The molecule has 8 bridgehead atoms. The number of ether oxygens (including phenoxy) is 2. The zero-order valence-electron chi connectivity index (χ0n) is 40.2. The van der Waals surface area contributed by atoms with Crippen LogP contribution in [-0.2, 0) is 22.6 Å². The highest BCUT2D eigenvalue weighted by Crippen LogP contribution is 2.69. The maximum Gasteiger partial charge on any atom is 0.302 e. The van der Waals surface area contributed by atoms with Crippen molar-refractivity contribution < 1.29 is 34.7 Å². The molecule has 1 aromatic carbocycles. The molecule has 10 rings (SSSR count). The number of hydrogen-bond donors (Lipinski definition) is 8. The topological polar surface area (TPSA) is 191 Å². The van der Waals surface area contributed by atoms with Crippen LogP contribution in [0.5, 0.6) is 11.5 Å². The van der Waals surface area contributed by atoms with E-state index in [1.165, 1.54) is 58.3 Å². The fourth-order valence-electron chi connectivity index (χ4n) is 15.5. The first-order valence-corrected chi connectivity index (χ1v) is 28.7. The summed E-state index contributed by atoms with van der Waals surface area (Å²) in [4.78, 5) is 18.4. The molecule has 9 N–H and O–H groups in total. The summed E-state index contributed by atoms with van der Waals surface area (Å²) in [5.41, 5.74) is 7.40. The average Bonchev–Trinajstić information content (AvgIpc) is 3.97. The van der Waals surface area contributed by atoms with Crippen LogP contribution in [0.3, 0.4) is 0 Å². The largest absolute Gasteiger partial charge is 0.504 e. The number of phenols is 1. The fraction of sp³-hybridized carbons (Fsp3) is 0.741. The molecule has 0 amide bonds. The van der Waals surface area contributed by atoms with Gasteiger partial charge in [-0.15, -0.1) is 0 Å². The number of rotatable bonds is 2. The summed E-state index contributed by atoms with van der Waals surface area (Å²) in [6.45, 7) is 3.49. The number of hydrogen-bond acceptors (Lipinski definition) is 14. The summed E-state index contributed by atoms with van der Waals surface area (Å²) < 4.78 is 12.9. The first-order valence-electron chi connectivity index (χ1n) is 26.2. The Bertz CT molecular complexity index is 2170. The quantitative estimate of drug-likeness (QED) is 0.0668. The molecule has 372 valence electrons. The number of nitrogens with one attached hydrogen (secondary N) is 3. The van der Waals surface area contributed by atoms with Gasteiger partial charge < -0.3 is 51.6 Å². The van der Waals surface area contributed by atoms with E-state index in [1.54, 1.807) is 6.07 Å². The Labute approximate surface area is 412 Å². The number of aliphatic imine (C=N–C) groups is 1. The van der Waals surface area contributed by atoms with E-state index in [1.807, 2.05) is 33.7 Å². The van der Waals surface area contributed by atoms with Crippen LogP contribution in [0.25, 0.3) is 0 Å². The van der Waals surface area contributed by atoms with Crippen molar-refractivity contribution in [2.75, 3.05) is 31.1 Å². The predicted octanol–water partition coefficient (Wildman–Crippen LogP) is 6.82. The molecule has 4 fully saturated rings. The van der Waals surface area contributed by atoms with Gasteiger partial charge in [0.2, 0.25) is 0 Å². The Kier molecular flexibility index (Phi) is 14.3. The van der Waals surface area contributed by atoms with Crippen LogP contribution in [-0.4, -0.2) is 105 Å². The first kappa shape index (κ1) is 48.7. The lowest BCUT2D eigenvalue weighted by atomic mass is 9.45. The normalized spacial score (nSPS) is 41.4. The van der Waals surface area contributed by atoms with Gasteiger partial charge in [0.25, 0.3) is 0 Å². The van der Waals surface area contributed by atoms with Gasteiger partial charge in [-0.25, -0.2) is 4.99 Å². The molecule has 9 aliphatic rings. The number of benzene rings is 1. The molecule has 13 atom stereocenters. The van der Waals surface area contributed by atoms with Crippen molar-refractivity contribution in [1.29, 1.82) is 0 Å². The number of esters is 1. The molecule has 12 nitrogen and oxygen atoms in total. The number of piperidine rings is 1. The summed E-state index contributed by atoms with van der Waals surface area (Å²) in [6, 6.07) is 2.88. The van der Waals surface area contributed by atoms with Gasteiger partial charge >= 0.3 is 5.97 Å². The number of nitrogens with two attached hydrogens (primary N) is 1. The summed E-state index contributed by atoms with van der Waals surface area (Å²) in [7, 11) is 3.95. The van der Waals surface area contributed by atoms with Crippen molar-refractivity contribution in [3.05, 3.63) is 47.6 Å². The molecule has 1 aromatic rings. The minimum Gasteiger partial charge on any atom is -0.504 e. The lowest BCUT2D eigenvalue weighted by Crippen LogP contribution is -2.70. The van der Waals surface area contributed by atoms with E-state index in [4.69, 9.17) is 20.2 Å². The number of aromatic hydroxyl groups is 1. The van der Waals surface area contributed by atoms with E-state index in [9.17, 15) is 25.2 Å². The molecule has 3 saturated carbocycles. The first-order chi connectivity index (χ1) is 32.9. The third-order valence-corrected chi connectivity index (χ3v) is 21.3. The Morgan fingerprint density at radius 1 is 0.985 bits per heavy atom. The Hall–Kier alpha value is -2.90. The number of guanidine groups is 1. The molecule has 3 aliphatic heterocycles. The minimum absolute atomic E-state index is 0.0195. The number of carbonyl (C=O) groups excluding carboxylic acids is 1. The molecule has 13 unspecified atom stereocenters. The minimum atomic E-state index is -1.05. The van der Waals surface area contributed by atoms with Gasteiger partial charge in [0.05, 0.1) is 35.8 Å². The standard InChI is InChI=1S/C54H77N5O7S2/c1-35(61)65-45-28-41(62)14-21-52-20-13-36-7-5-17-51(30-42(15-22-57-51)66-46-27-37(25-43(36)45)38(31-60)26-44(46)63)33-56-23-24-67-68-34-54(59-49(55)58-47(52)9-4-10-48(52)64)32-50-16-6-8-39(50)11-12-40(29-50)53(54)18-2-3-19-53/h4,9,11-12,26-27,36,39-43,45,47-48,56-57,60,62-64H,2-3,5-8,10,14-19,21-25,28-34H2,1H3,(H3,55,58,59). The molecule has 3 heterocycles. The second-order valence-corrected chi connectivity index (χ2v) is 25.2. The van der Waals surface area contributed by atoms with Gasteiger partial charge in [0, 0.05) is 67.2 Å². The van der Waals surface area contributed by atoms with Crippen LogP contribution in [0.2, 0.25) is 0 Å². The zero-order valence-corrected chi connectivity index (χ0v) is 41.8. The predicted molar refractivity (Wildman–Crippen MR) is 270 cm³/mol. The average molecular weight is 972 g/mol. The molecule has 0 aromatic heterocycles. The van der Waals surface area contributed by atoms with Crippen molar-refractivity contribution in [2.24, 2.45) is 50.6 Å².